The third-order valence-electron chi connectivity index (χ3n) is 5.60. The van der Waals surface area contributed by atoms with Crippen LogP contribution in [-0.2, 0) is 0 Å². The first-order valence-electron chi connectivity index (χ1n) is 9.88. The first kappa shape index (κ1) is 17.8. The van der Waals surface area contributed by atoms with Gasteiger partial charge < -0.3 is 14.3 Å². The summed E-state index contributed by atoms with van der Waals surface area (Å²) in [5, 5.41) is 4.21. The van der Waals surface area contributed by atoms with Crippen LogP contribution < -0.4 is 4.90 Å². The van der Waals surface area contributed by atoms with Crippen molar-refractivity contribution in [2.75, 3.05) is 31.6 Å². The van der Waals surface area contributed by atoms with Gasteiger partial charge in [-0.15, -0.1) is 0 Å². The van der Waals surface area contributed by atoms with E-state index in [2.05, 4.69) is 63.4 Å². The second-order valence-corrected chi connectivity index (χ2v) is 7.60. The van der Waals surface area contributed by atoms with E-state index < -0.39 is 0 Å². The minimum atomic E-state index is 0.229. The van der Waals surface area contributed by atoms with Crippen LogP contribution in [0.1, 0.15) is 17.3 Å². The molecule has 0 saturated carbocycles. The maximum absolute atomic E-state index is 5.75. The fourth-order valence-corrected chi connectivity index (χ4v) is 4.06. The topological polar surface area (TPSA) is 58.3 Å². The zero-order valence-electron chi connectivity index (χ0n) is 16.6. The summed E-state index contributed by atoms with van der Waals surface area (Å²) in [6.07, 6.45) is 3.62. The molecule has 4 heterocycles. The van der Waals surface area contributed by atoms with Crippen molar-refractivity contribution in [3.05, 3.63) is 72.2 Å². The summed E-state index contributed by atoms with van der Waals surface area (Å²) in [6, 6.07) is 17.0. The summed E-state index contributed by atoms with van der Waals surface area (Å²) >= 11 is 0. The van der Waals surface area contributed by atoms with E-state index in [0.717, 1.165) is 53.4 Å². The Kier molecular flexibility index (Phi) is 4.48. The molecule has 0 N–H and O–H groups in total. The first-order chi connectivity index (χ1) is 14.2. The van der Waals surface area contributed by atoms with Crippen LogP contribution in [0, 0.1) is 6.92 Å². The normalized spacial score (nSPS) is 17.7. The number of rotatable bonds is 3. The van der Waals surface area contributed by atoms with Gasteiger partial charge in [0.1, 0.15) is 11.2 Å². The maximum atomic E-state index is 5.75. The summed E-state index contributed by atoms with van der Waals surface area (Å²) in [5.74, 6) is 0. The lowest BCUT2D eigenvalue weighted by atomic mass is 10.0. The van der Waals surface area contributed by atoms with Crippen LogP contribution in [0.4, 0.5) is 5.69 Å². The van der Waals surface area contributed by atoms with Gasteiger partial charge in [0.2, 0.25) is 5.58 Å². The number of fused-ring (bicyclic) bond motifs is 1. The molecule has 1 unspecified atom stereocenters. The fourth-order valence-electron chi connectivity index (χ4n) is 4.06. The third kappa shape index (κ3) is 3.25. The SMILES string of the molecule is Cc1noc2c(N3CCN(C)CC3c3ccccc3)cc(-c3cccnc3)nc12. The number of aryl methyl sites for hydroxylation is 1. The Labute approximate surface area is 169 Å². The Bertz CT molecular complexity index is 1130. The van der Waals surface area contributed by atoms with E-state index in [0.29, 0.717) is 0 Å². The summed E-state index contributed by atoms with van der Waals surface area (Å²) in [4.78, 5) is 13.9. The summed E-state index contributed by atoms with van der Waals surface area (Å²) in [7, 11) is 2.18. The zero-order valence-corrected chi connectivity index (χ0v) is 16.6. The minimum Gasteiger partial charge on any atom is -0.359 e. The lowest BCUT2D eigenvalue weighted by molar-refractivity contribution is 0.269. The van der Waals surface area contributed by atoms with Gasteiger partial charge in [0.15, 0.2) is 0 Å². The predicted octanol–water partition coefficient (Wildman–Crippen LogP) is 4.09. The number of hydrogen-bond acceptors (Lipinski definition) is 6. The highest BCUT2D eigenvalue weighted by Gasteiger charge is 2.30. The van der Waals surface area contributed by atoms with Crippen molar-refractivity contribution in [1.29, 1.82) is 0 Å². The van der Waals surface area contributed by atoms with E-state index in [1.54, 1.807) is 6.20 Å². The van der Waals surface area contributed by atoms with Crippen LogP contribution in [0.2, 0.25) is 0 Å². The van der Waals surface area contributed by atoms with E-state index >= 15 is 0 Å². The van der Waals surface area contributed by atoms with Crippen molar-refractivity contribution in [3.8, 4) is 11.3 Å². The molecule has 5 rings (SSSR count). The molecule has 146 valence electrons. The summed E-state index contributed by atoms with van der Waals surface area (Å²) < 4.78 is 5.75. The van der Waals surface area contributed by atoms with Crippen LogP contribution in [0.25, 0.3) is 22.4 Å². The number of pyridine rings is 2. The molecule has 1 aromatic carbocycles. The zero-order chi connectivity index (χ0) is 19.8. The molecule has 4 aromatic rings. The van der Waals surface area contributed by atoms with Crippen molar-refractivity contribution in [2.45, 2.75) is 13.0 Å². The first-order valence-corrected chi connectivity index (χ1v) is 9.88. The van der Waals surface area contributed by atoms with Gasteiger partial charge in [0, 0.05) is 37.6 Å². The Hall–Kier alpha value is -3.25. The average Bonchev–Trinajstić information content (AvgIpc) is 3.15. The van der Waals surface area contributed by atoms with Gasteiger partial charge >= 0.3 is 0 Å². The Morgan fingerprint density at radius 3 is 2.72 bits per heavy atom. The number of anilines is 1. The van der Waals surface area contributed by atoms with Gasteiger partial charge in [-0.2, -0.15) is 0 Å². The Morgan fingerprint density at radius 1 is 1.07 bits per heavy atom. The molecule has 1 aliphatic rings. The molecule has 29 heavy (non-hydrogen) atoms. The van der Waals surface area contributed by atoms with Gasteiger partial charge in [0.25, 0.3) is 0 Å². The fraction of sp³-hybridized carbons (Fsp3) is 0.261. The van der Waals surface area contributed by atoms with Crippen molar-refractivity contribution in [1.82, 2.24) is 20.0 Å². The van der Waals surface area contributed by atoms with Gasteiger partial charge in [-0.1, -0.05) is 35.5 Å². The van der Waals surface area contributed by atoms with Crippen molar-refractivity contribution in [3.63, 3.8) is 0 Å². The minimum absolute atomic E-state index is 0.229. The number of benzene rings is 1. The molecule has 1 aliphatic heterocycles. The Balaban J connectivity index is 1.68. The van der Waals surface area contributed by atoms with Crippen molar-refractivity contribution >= 4 is 16.8 Å². The van der Waals surface area contributed by atoms with E-state index in [1.807, 2.05) is 25.3 Å². The molecule has 6 nitrogen and oxygen atoms in total. The highest BCUT2D eigenvalue weighted by Crippen LogP contribution is 2.37. The molecule has 0 radical (unpaired) electrons. The molecule has 0 amide bonds. The van der Waals surface area contributed by atoms with Crippen LogP contribution in [0.3, 0.4) is 0 Å². The molecule has 0 spiro atoms. The number of likely N-dealkylation sites (N-methyl/N-ethyl adjacent to an activating group) is 1. The second-order valence-electron chi connectivity index (χ2n) is 7.60. The van der Waals surface area contributed by atoms with Gasteiger partial charge in [-0.25, -0.2) is 4.98 Å². The van der Waals surface area contributed by atoms with E-state index in [1.165, 1.54) is 5.56 Å². The predicted molar refractivity (Wildman–Crippen MR) is 114 cm³/mol. The van der Waals surface area contributed by atoms with E-state index in [4.69, 9.17) is 9.51 Å². The van der Waals surface area contributed by atoms with Crippen LogP contribution in [0.15, 0.2) is 65.4 Å². The monoisotopic (exact) mass is 385 g/mol. The number of piperazine rings is 1. The standard InChI is InChI=1S/C23H23N5O/c1-16-22-23(29-26-16)20(13-19(25-22)18-9-6-10-24-14-18)28-12-11-27(2)15-21(28)17-7-4-3-5-8-17/h3-10,13-14,21H,11-12,15H2,1-2H3. The lowest BCUT2D eigenvalue weighted by Gasteiger charge is -2.41. The summed E-state index contributed by atoms with van der Waals surface area (Å²) in [6.45, 7) is 4.78. The van der Waals surface area contributed by atoms with Crippen molar-refractivity contribution in [2.24, 2.45) is 0 Å². The molecule has 3 aromatic heterocycles. The Morgan fingerprint density at radius 2 is 1.93 bits per heavy atom. The van der Waals surface area contributed by atoms with Crippen LogP contribution in [-0.4, -0.2) is 46.7 Å². The lowest BCUT2D eigenvalue weighted by Crippen LogP contribution is -2.47. The molecule has 0 bridgehead atoms. The average molecular weight is 385 g/mol. The number of nitrogens with zero attached hydrogens (tertiary/aromatic N) is 5. The molecule has 0 aliphatic carbocycles. The van der Waals surface area contributed by atoms with E-state index in [9.17, 15) is 0 Å². The van der Waals surface area contributed by atoms with Gasteiger partial charge in [-0.3, -0.25) is 4.98 Å². The van der Waals surface area contributed by atoms with Gasteiger partial charge in [0.05, 0.1) is 17.4 Å². The number of hydrogen-bond donors (Lipinski definition) is 0. The maximum Gasteiger partial charge on any atom is 0.208 e. The highest BCUT2D eigenvalue weighted by molar-refractivity contribution is 5.91. The van der Waals surface area contributed by atoms with Gasteiger partial charge in [-0.05, 0) is 37.7 Å². The van der Waals surface area contributed by atoms with Crippen molar-refractivity contribution < 1.29 is 4.52 Å². The third-order valence-corrected chi connectivity index (χ3v) is 5.60. The largest absolute Gasteiger partial charge is 0.359 e. The molecular formula is C23H23N5O. The molecule has 1 fully saturated rings. The smallest absolute Gasteiger partial charge is 0.208 e. The second kappa shape index (κ2) is 7.29. The van der Waals surface area contributed by atoms with E-state index in [-0.39, 0.29) is 6.04 Å². The quantitative estimate of drug-likeness (QED) is 0.529. The molecule has 6 heteroatoms. The number of aromatic nitrogens is 3. The molecule has 1 saturated heterocycles. The van der Waals surface area contributed by atoms with Crippen LogP contribution >= 0.6 is 0 Å². The summed E-state index contributed by atoms with van der Waals surface area (Å²) in [5.41, 5.74) is 6.57. The molecule has 1 atom stereocenters. The van der Waals surface area contributed by atoms with Crippen LogP contribution in [0.5, 0.6) is 0 Å². The molecular weight excluding hydrogens is 362 g/mol. The highest BCUT2D eigenvalue weighted by atomic mass is 16.5.